The molecule has 0 unspecified atom stereocenters. The lowest BCUT2D eigenvalue weighted by Crippen LogP contribution is -2.42. The molecule has 0 saturated carbocycles. The van der Waals surface area contributed by atoms with Gasteiger partial charge in [-0.2, -0.15) is 4.31 Å². The largest absolute Gasteiger partial charge is 0.497 e. The van der Waals surface area contributed by atoms with Crippen molar-refractivity contribution in [1.82, 2.24) is 4.31 Å². The maximum atomic E-state index is 13.4. The smallest absolute Gasteiger partial charge is 0.258 e. The van der Waals surface area contributed by atoms with Crippen LogP contribution in [-0.4, -0.2) is 45.4 Å². The number of nitrogens with zero attached hydrogens (tertiary/aromatic N) is 2. The Bertz CT molecular complexity index is 1070. The highest BCUT2D eigenvalue weighted by molar-refractivity contribution is 7.89. The van der Waals surface area contributed by atoms with E-state index in [1.54, 1.807) is 34.5 Å². The number of carbonyl (C=O) groups is 1. The summed E-state index contributed by atoms with van der Waals surface area (Å²) in [6.45, 7) is 5.82. The summed E-state index contributed by atoms with van der Waals surface area (Å²) < 4.78 is 33.5. The molecule has 2 aliphatic heterocycles. The maximum Gasteiger partial charge on any atom is 0.258 e. The molecular weight excluding hydrogens is 412 g/mol. The molecule has 2 aromatic carbocycles. The van der Waals surface area contributed by atoms with Crippen molar-refractivity contribution in [3.63, 3.8) is 0 Å². The minimum absolute atomic E-state index is 0.177. The average molecular weight is 443 g/mol. The zero-order valence-corrected chi connectivity index (χ0v) is 19.2. The lowest BCUT2D eigenvalue weighted by molar-refractivity contribution is 0.0985. The molecule has 0 radical (unpaired) electrons. The number of carbonyl (C=O) groups excluding carboxylic acids is 1. The third kappa shape index (κ3) is 4.34. The van der Waals surface area contributed by atoms with Crippen LogP contribution in [0.1, 0.15) is 42.6 Å². The minimum atomic E-state index is -3.64. The Kier molecular flexibility index (Phi) is 6.08. The number of aryl methyl sites for hydroxylation is 1. The summed E-state index contributed by atoms with van der Waals surface area (Å²) in [5.41, 5.74) is 2.32. The number of sulfonamides is 1. The molecule has 7 heteroatoms. The first kappa shape index (κ1) is 21.8. The summed E-state index contributed by atoms with van der Waals surface area (Å²) in [5, 5.41) is 0. The molecule has 6 nitrogen and oxygen atoms in total. The molecule has 4 rings (SSSR count). The van der Waals surface area contributed by atoms with E-state index >= 15 is 0 Å². The predicted molar refractivity (Wildman–Crippen MR) is 121 cm³/mol. The number of ether oxygens (including phenoxy) is 1. The molecule has 0 spiro atoms. The minimum Gasteiger partial charge on any atom is -0.497 e. The van der Waals surface area contributed by atoms with Gasteiger partial charge >= 0.3 is 0 Å². The van der Waals surface area contributed by atoms with Crippen molar-refractivity contribution in [1.29, 1.82) is 0 Å². The third-order valence-electron chi connectivity index (χ3n) is 6.20. The molecule has 2 aromatic rings. The number of hydrogen-bond donors (Lipinski definition) is 0. The molecular formula is C24H30N2O4S. The number of benzene rings is 2. The summed E-state index contributed by atoms with van der Waals surface area (Å²) >= 11 is 0. The van der Waals surface area contributed by atoms with E-state index in [9.17, 15) is 13.2 Å². The highest BCUT2D eigenvalue weighted by Crippen LogP contribution is 2.32. The summed E-state index contributed by atoms with van der Waals surface area (Å²) in [6.07, 6.45) is 2.77. The van der Waals surface area contributed by atoms with Crippen LogP contribution in [0.25, 0.3) is 0 Å². The van der Waals surface area contributed by atoms with E-state index in [1.807, 2.05) is 18.2 Å². The predicted octanol–water partition coefficient (Wildman–Crippen LogP) is 3.95. The Morgan fingerprint density at radius 3 is 2.52 bits per heavy atom. The quantitative estimate of drug-likeness (QED) is 0.719. The first-order valence-electron chi connectivity index (χ1n) is 10.9. The van der Waals surface area contributed by atoms with Crippen LogP contribution in [0, 0.1) is 11.8 Å². The standard InChI is InChI=1S/C24H30N2O4S/c1-17-12-18(2)16-25(15-17)31(28,29)22-8-4-6-20(14-22)24(27)26-11-5-7-19-13-21(30-3)9-10-23(19)26/h4,6,8-10,13-14,17-18H,5,7,11-12,15-16H2,1-3H3/t17-,18-/m0/s1. The molecule has 2 heterocycles. The van der Waals surface area contributed by atoms with Crippen molar-refractivity contribution in [2.24, 2.45) is 11.8 Å². The second-order valence-corrected chi connectivity index (χ2v) is 10.8. The fraction of sp³-hybridized carbons (Fsp3) is 0.458. The van der Waals surface area contributed by atoms with Crippen LogP contribution in [0.3, 0.4) is 0 Å². The summed E-state index contributed by atoms with van der Waals surface area (Å²) in [7, 11) is -2.01. The van der Waals surface area contributed by atoms with Crippen LogP contribution in [0.15, 0.2) is 47.4 Å². The van der Waals surface area contributed by atoms with E-state index in [-0.39, 0.29) is 10.8 Å². The van der Waals surface area contributed by atoms with Crippen molar-refractivity contribution in [2.75, 3.05) is 31.6 Å². The average Bonchev–Trinajstić information content (AvgIpc) is 2.77. The van der Waals surface area contributed by atoms with Crippen LogP contribution >= 0.6 is 0 Å². The number of hydrogen-bond acceptors (Lipinski definition) is 4. The Balaban J connectivity index is 1.63. The molecule has 0 bridgehead atoms. The van der Waals surface area contributed by atoms with Gasteiger partial charge in [0.1, 0.15) is 5.75 Å². The van der Waals surface area contributed by atoms with E-state index in [2.05, 4.69) is 13.8 Å². The number of anilines is 1. The van der Waals surface area contributed by atoms with Gasteiger partial charge in [0, 0.05) is 30.9 Å². The van der Waals surface area contributed by atoms with Crippen molar-refractivity contribution in [3.05, 3.63) is 53.6 Å². The molecule has 31 heavy (non-hydrogen) atoms. The van der Waals surface area contributed by atoms with Gasteiger partial charge in [0.2, 0.25) is 10.0 Å². The van der Waals surface area contributed by atoms with E-state index in [0.717, 1.165) is 36.3 Å². The van der Waals surface area contributed by atoms with E-state index in [4.69, 9.17) is 4.74 Å². The zero-order chi connectivity index (χ0) is 22.2. The second kappa shape index (κ2) is 8.63. The summed E-state index contributed by atoms with van der Waals surface area (Å²) in [5.74, 6) is 1.24. The fourth-order valence-electron chi connectivity index (χ4n) is 4.81. The molecule has 0 aliphatic carbocycles. The molecule has 166 valence electrons. The molecule has 1 saturated heterocycles. The fourth-order valence-corrected chi connectivity index (χ4v) is 6.53. The Labute approximate surface area is 184 Å². The lowest BCUT2D eigenvalue weighted by Gasteiger charge is -2.34. The zero-order valence-electron chi connectivity index (χ0n) is 18.4. The monoisotopic (exact) mass is 442 g/mol. The van der Waals surface area contributed by atoms with Gasteiger partial charge in [-0.05, 0) is 73.1 Å². The van der Waals surface area contributed by atoms with Crippen molar-refractivity contribution >= 4 is 21.6 Å². The van der Waals surface area contributed by atoms with Crippen molar-refractivity contribution in [2.45, 2.75) is 38.0 Å². The van der Waals surface area contributed by atoms with Crippen LogP contribution < -0.4 is 9.64 Å². The Hall–Kier alpha value is -2.38. The first-order valence-corrected chi connectivity index (χ1v) is 12.3. The topological polar surface area (TPSA) is 66.9 Å². The van der Waals surface area contributed by atoms with Gasteiger partial charge in [-0.25, -0.2) is 8.42 Å². The second-order valence-electron chi connectivity index (χ2n) is 8.85. The van der Waals surface area contributed by atoms with E-state index < -0.39 is 10.0 Å². The van der Waals surface area contributed by atoms with Crippen LogP contribution in [-0.2, 0) is 16.4 Å². The van der Waals surface area contributed by atoms with Gasteiger partial charge in [-0.3, -0.25) is 4.79 Å². The Morgan fingerprint density at radius 2 is 1.81 bits per heavy atom. The number of methoxy groups -OCH3 is 1. The lowest BCUT2D eigenvalue weighted by atomic mass is 9.94. The molecule has 2 atom stereocenters. The molecule has 0 N–H and O–H groups in total. The van der Waals surface area contributed by atoms with E-state index in [1.165, 1.54) is 6.07 Å². The Morgan fingerprint density at radius 1 is 1.06 bits per heavy atom. The highest BCUT2D eigenvalue weighted by atomic mass is 32.2. The highest BCUT2D eigenvalue weighted by Gasteiger charge is 2.32. The van der Waals surface area contributed by atoms with Crippen molar-refractivity contribution < 1.29 is 17.9 Å². The molecule has 1 fully saturated rings. The number of amides is 1. The third-order valence-corrected chi connectivity index (χ3v) is 8.03. The first-order chi connectivity index (χ1) is 14.8. The summed E-state index contributed by atoms with van der Waals surface area (Å²) in [4.78, 5) is 15.3. The van der Waals surface area contributed by atoms with Gasteiger partial charge in [0.15, 0.2) is 0 Å². The molecule has 0 aromatic heterocycles. The molecule has 2 aliphatic rings. The molecule has 1 amide bonds. The van der Waals surface area contributed by atoms with Crippen LogP contribution in [0.5, 0.6) is 5.75 Å². The van der Waals surface area contributed by atoms with Gasteiger partial charge in [-0.15, -0.1) is 0 Å². The van der Waals surface area contributed by atoms with Gasteiger partial charge in [0.05, 0.1) is 12.0 Å². The summed E-state index contributed by atoms with van der Waals surface area (Å²) in [6, 6.07) is 12.2. The van der Waals surface area contributed by atoms with Gasteiger partial charge in [0.25, 0.3) is 5.91 Å². The maximum absolute atomic E-state index is 13.4. The van der Waals surface area contributed by atoms with Crippen molar-refractivity contribution in [3.8, 4) is 5.75 Å². The number of rotatable bonds is 4. The number of fused-ring (bicyclic) bond motifs is 1. The van der Waals surface area contributed by atoms with Crippen LogP contribution in [0.4, 0.5) is 5.69 Å². The van der Waals surface area contributed by atoms with Gasteiger partial charge in [-0.1, -0.05) is 19.9 Å². The van der Waals surface area contributed by atoms with Gasteiger partial charge < -0.3 is 9.64 Å². The normalized spacial score (nSPS) is 22.1. The van der Waals surface area contributed by atoms with Crippen LogP contribution in [0.2, 0.25) is 0 Å². The number of piperidine rings is 1. The SMILES string of the molecule is COc1ccc2c(c1)CCCN2C(=O)c1cccc(S(=O)(=O)N2C[C@@H](C)C[C@H](C)C2)c1. The van der Waals surface area contributed by atoms with E-state index in [0.29, 0.717) is 37.0 Å².